The first kappa shape index (κ1) is 12.5. The molecule has 1 unspecified atom stereocenters. The van der Waals surface area contributed by atoms with Crippen LogP contribution in [0.3, 0.4) is 0 Å². The van der Waals surface area contributed by atoms with Gasteiger partial charge in [-0.25, -0.2) is 0 Å². The van der Waals surface area contributed by atoms with Crippen LogP contribution >= 0.6 is 0 Å². The van der Waals surface area contributed by atoms with Crippen LogP contribution in [0.5, 0.6) is 0 Å². The number of carbonyl (C=O) groups is 2. The molecule has 0 bridgehead atoms. The lowest BCUT2D eigenvalue weighted by Gasteiger charge is -2.31. The van der Waals surface area contributed by atoms with Crippen molar-refractivity contribution < 1.29 is 9.59 Å². The summed E-state index contributed by atoms with van der Waals surface area (Å²) in [5.41, 5.74) is 0. The van der Waals surface area contributed by atoms with Gasteiger partial charge in [-0.3, -0.25) is 14.9 Å². The molecule has 2 rings (SSSR count). The Kier molecular flexibility index (Phi) is 4.12. The molecule has 96 valence electrons. The van der Waals surface area contributed by atoms with Crippen molar-refractivity contribution in [2.75, 3.05) is 26.2 Å². The van der Waals surface area contributed by atoms with E-state index in [-0.39, 0.29) is 17.9 Å². The van der Waals surface area contributed by atoms with Gasteiger partial charge in [0.15, 0.2) is 0 Å². The number of imide groups is 1. The second-order valence-electron chi connectivity index (χ2n) is 4.96. The highest BCUT2D eigenvalue weighted by Crippen LogP contribution is 2.16. The number of carbonyl (C=O) groups excluding carboxylic acids is 2. The van der Waals surface area contributed by atoms with E-state index in [1.807, 2.05) is 0 Å². The van der Waals surface area contributed by atoms with Gasteiger partial charge in [0.05, 0.1) is 12.5 Å². The van der Waals surface area contributed by atoms with E-state index in [9.17, 15) is 9.59 Å². The van der Waals surface area contributed by atoms with E-state index in [0.717, 1.165) is 26.2 Å². The van der Waals surface area contributed by atoms with Crippen LogP contribution in [-0.2, 0) is 9.59 Å². The van der Waals surface area contributed by atoms with Gasteiger partial charge < -0.3 is 10.2 Å². The first-order chi connectivity index (χ1) is 8.19. The number of amides is 2. The summed E-state index contributed by atoms with van der Waals surface area (Å²) in [5, 5.41) is 5.54. The highest BCUT2D eigenvalue weighted by molar-refractivity contribution is 6.05. The Hall–Kier alpha value is -0.940. The van der Waals surface area contributed by atoms with Gasteiger partial charge in [0, 0.05) is 0 Å². The Morgan fingerprint density at radius 1 is 1.35 bits per heavy atom. The highest BCUT2D eigenvalue weighted by Gasteiger charge is 2.30. The molecule has 0 radical (unpaired) electrons. The zero-order valence-corrected chi connectivity index (χ0v) is 10.4. The molecule has 2 aliphatic rings. The average Bonchev–Trinajstić information content (AvgIpc) is 2.66. The molecular weight excluding hydrogens is 218 g/mol. The number of likely N-dealkylation sites (tertiary alicyclic amines) is 1. The monoisotopic (exact) mass is 239 g/mol. The van der Waals surface area contributed by atoms with Gasteiger partial charge in [-0.1, -0.05) is 6.92 Å². The number of hydrogen-bond donors (Lipinski definition) is 2. The smallest absolute Gasteiger partial charge is 0.244 e. The molecule has 0 aromatic rings. The van der Waals surface area contributed by atoms with Gasteiger partial charge in [-0.2, -0.15) is 0 Å². The minimum absolute atomic E-state index is 0.159. The second kappa shape index (κ2) is 5.60. The Balaban J connectivity index is 1.69. The van der Waals surface area contributed by atoms with Crippen LogP contribution in [0.25, 0.3) is 0 Å². The molecule has 5 heteroatoms. The normalized spacial score (nSPS) is 27.5. The van der Waals surface area contributed by atoms with Crippen molar-refractivity contribution in [3.05, 3.63) is 0 Å². The Labute approximate surface area is 102 Å². The first-order valence-corrected chi connectivity index (χ1v) is 6.48. The third kappa shape index (κ3) is 3.26. The average molecular weight is 239 g/mol. The van der Waals surface area contributed by atoms with Gasteiger partial charge in [0.1, 0.15) is 0 Å². The maximum Gasteiger partial charge on any atom is 0.244 e. The fraction of sp³-hybridized carbons (Fsp3) is 0.833. The van der Waals surface area contributed by atoms with Gasteiger partial charge >= 0.3 is 0 Å². The molecule has 2 aliphatic heterocycles. The lowest BCUT2D eigenvalue weighted by Crippen LogP contribution is -2.42. The van der Waals surface area contributed by atoms with E-state index in [0.29, 0.717) is 12.3 Å². The van der Waals surface area contributed by atoms with Crippen molar-refractivity contribution in [3.8, 4) is 0 Å². The summed E-state index contributed by atoms with van der Waals surface area (Å²) in [6.07, 6.45) is 2.67. The molecule has 0 saturated carbocycles. The molecule has 0 aliphatic carbocycles. The summed E-state index contributed by atoms with van der Waals surface area (Å²) < 4.78 is 0. The fourth-order valence-electron chi connectivity index (χ4n) is 2.53. The van der Waals surface area contributed by atoms with E-state index in [1.54, 1.807) is 0 Å². The molecule has 2 saturated heterocycles. The Morgan fingerprint density at radius 3 is 2.59 bits per heavy atom. The molecule has 0 aromatic carbocycles. The third-order valence-electron chi connectivity index (χ3n) is 3.78. The minimum Gasteiger partial charge on any atom is -0.305 e. The Bertz CT molecular complexity index is 298. The summed E-state index contributed by atoms with van der Waals surface area (Å²) in [5.74, 6) is 0.315. The SMILES string of the molecule is CCN1CCC(CNC2CC(=O)NC2=O)CC1. The van der Waals surface area contributed by atoms with E-state index in [2.05, 4.69) is 22.5 Å². The quantitative estimate of drug-likeness (QED) is 0.663. The third-order valence-corrected chi connectivity index (χ3v) is 3.78. The van der Waals surface area contributed by atoms with Crippen LogP contribution in [0.15, 0.2) is 0 Å². The lowest BCUT2D eigenvalue weighted by atomic mass is 9.96. The molecule has 17 heavy (non-hydrogen) atoms. The zero-order chi connectivity index (χ0) is 12.3. The molecular formula is C12H21N3O2. The molecule has 2 amide bonds. The molecule has 0 aromatic heterocycles. The summed E-state index contributed by atoms with van der Waals surface area (Å²) in [7, 11) is 0. The van der Waals surface area contributed by atoms with Crippen LogP contribution in [0.2, 0.25) is 0 Å². The first-order valence-electron chi connectivity index (χ1n) is 6.48. The predicted octanol–water partition coefficient (Wildman–Crippen LogP) is -0.277. The van der Waals surface area contributed by atoms with E-state index < -0.39 is 0 Å². The molecule has 0 spiro atoms. The lowest BCUT2D eigenvalue weighted by molar-refractivity contribution is -0.125. The maximum absolute atomic E-state index is 11.4. The van der Waals surface area contributed by atoms with Crippen LogP contribution in [0.4, 0.5) is 0 Å². The second-order valence-corrected chi connectivity index (χ2v) is 4.96. The number of rotatable bonds is 4. The zero-order valence-electron chi connectivity index (χ0n) is 10.4. The van der Waals surface area contributed by atoms with Crippen LogP contribution < -0.4 is 10.6 Å². The van der Waals surface area contributed by atoms with Crippen molar-refractivity contribution in [1.82, 2.24) is 15.5 Å². The molecule has 5 nitrogen and oxygen atoms in total. The summed E-state index contributed by atoms with van der Waals surface area (Å²) >= 11 is 0. The van der Waals surface area contributed by atoms with Crippen LogP contribution in [-0.4, -0.2) is 48.9 Å². The highest BCUT2D eigenvalue weighted by atomic mass is 16.2. The van der Waals surface area contributed by atoms with Gasteiger partial charge in [-0.15, -0.1) is 0 Å². The number of piperidine rings is 1. The number of nitrogens with zero attached hydrogens (tertiary/aromatic N) is 1. The van der Waals surface area contributed by atoms with Gasteiger partial charge in [0.25, 0.3) is 0 Å². The van der Waals surface area contributed by atoms with E-state index >= 15 is 0 Å². The largest absolute Gasteiger partial charge is 0.305 e. The van der Waals surface area contributed by atoms with Gasteiger partial charge in [0.2, 0.25) is 11.8 Å². The maximum atomic E-state index is 11.4. The topological polar surface area (TPSA) is 61.4 Å². The van der Waals surface area contributed by atoms with Crippen LogP contribution in [0.1, 0.15) is 26.2 Å². The van der Waals surface area contributed by atoms with Crippen molar-refractivity contribution in [2.45, 2.75) is 32.2 Å². The fourth-order valence-corrected chi connectivity index (χ4v) is 2.53. The van der Waals surface area contributed by atoms with Gasteiger partial charge in [-0.05, 0) is 44.9 Å². The van der Waals surface area contributed by atoms with Crippen molar-refractivity contribution in [2.24, 2.45) is 5.92 Å². The summed E-state index contributed by atoms with van der Waals surface area (Å²) in [4.78, 5) is 24.8. The Morgan fingerprint density at radius 2 is 2.06 bits per heavy atom. The number of nitrogens with one attached hydrogen (secondary N) is 2. The standard InChI is InChI=1S/C12H21N3O2/c1-2-15-5-3-9(4-6-15)8-13-10-7-11(16)14-12(10)17/h9-10,13H,2-8H2,1H3,(H,14,16,17). The summed E-state index contributed by atoms with van der Waals surface area (Å²) in [6.45, 7) is 6.47. The van der Waals surface area contributed by atoms with Crippen molar-refractivity contribution >= 4 is 11.8 Å². The van der Waals surface area contributed by atoms with E-state index in [4.69, 9.17) is 0 Å². The minimum atomic E-state index is -0.299. The summed E-state index contributed by atoms with van der Waals surface area (Å²) in [6, 6.07) is -0.299. The molecule has 2 fully saturated rings. The molecule has 2 N–H and O–H groups in total. The predicted molar refractivity (Wildman–Crippen MR) is 64.4 cm³/mol. The molecule has 2 heterocycles. The van der Waals surface area contributed by atoms with Crippen LogP contribution in [0, 0.1) is 5.92 Å². The van der Waals surface area contributed by atoms with Crippen molar-refractivity contribution in [1.29, 1.82) is 0 Å². The number of hydrogen-bond acceptors (Lipinski definition) is 4. The van der Waals surface area contributed by atoms with Crippen molar-refractivity contribution in [3.63, 3.8) is 0 Å². The molecule has 1 atom stereocenters. The van der Waals surface area contributed by atoms with E-state index in [1.165, 1.54) is 12.8 Å².